The second kappa shape index (κ2) is 10.1. The van der Waals surface area contributed by atoms with Gasteiger partial charge in [-0.3, -0.25) is 0 Å². The van der Waals surface area contributed by atoms with Crippen LogP contribution in [0.25, 0.3) is 0 Å². The van der Waals surface area contributed by atoms with Crippen molar-refractivity contribution in [1.82, 2.24) is 0 Å². The summed E-state index contributed by atoms with van der Waals surface area (Å²) in [4.78, 5) is 0. The summed E-state index contributed by atoms with van der Waals surface area (Å²) >= 11 is 0. The summed E-state index contributed by atoms with van der Waals surface area (Å²) in [5, 5.41) is 30.9. The van der Waals surface area contributed by atoms with Crippen molar-refractivity contribution < 1.29 is 20.1 Å². The fourth-order valence-corrected chi connectivity index (χ4v) is 7.01. The molecule has 3 N–H and O–H groups in total. The minimum Gasteiger partial charge on any atom is -0.390 e. The predicted molar refractivity (Wildman–Crippen MR) is 130 cm³/mol. The Hall–Kier alpha value is -0.940. The maximum atomic E-state index is 10.5. The van der Waals surface area contributed by atoms with Gasteiger partial charge in [0, 0.05) is 13.5 Å². The van der Waals surface area contributed by atoms with Crippen LogP contribution in [-0.2, 0) is 4.74 Å². The molecule has 0 amide bonds. The molecule has 0 bridgehead atoms. The van der Waals surface area contributed by atoms with Crippen LogP contribution < -0.4 is 0 Å². The van der Waals surface area contributed by atoms with Crippen LogP contribution in [0.3, 0.4) is 0 Å². The summed E-state index contributed by atoms with van der Waals surface area (Å²) in [6.07, 6.45) is 12.0. The highest BCUT2D eigenvalue weighted by atomic mass is 16.5. The van der Waals surface area contributed by atoms with Gasteiger partial charge >= 0.3 is 0 Å². The van der Waals surface area contributed by atoms with Gasteiger partial charge in [0.15, 0.2) is 0 Å². The van der Waals surface area contributed by atoms with E-state index >= 15 is 0 Å². The van der Waals surface area contributed by atoms with Gasteiger partial charge in [-0.2, -0.15) is 0 Å². The van der Waals surface area contributed by atoms with Gasteiger partial charge in [-0.15, -0.1) is 0 Å². The zero-order valence-electron chi connectivity index (χ0n) is 20.9. The Bertz CT molecular complexity index is 730. The van der Waals surface area contributed by atoms with Crippen molar-refractivity contribution in [3.63, 3.8) is 0 Å². The monoisotopic (exact) mass is 446 g/mol. The number of rotatable bonds is 7. The molecular formula is C28H46O4. The normalized spacial score (nSPS) is 39.5. The molecule has 0 spiro atoms. The van der Waals surface area contributed by atoms with Crippen molar-refractivity contribution in [2.75, 3.05) is 7.11 Å². The molecule has 0 aromatic rings. The molecule has 3 rings (SSSR count). The van der Waals surface area contributed by atoms with E-state index in [-0.39, 0.29) is 0 Å². The van der Waals surface area contributed by atoms with E-state index in [0.717, 1.165) is 30.8 Å². The Labute approximate surface area is 195 Å². The number of ether oxygens (including phenoxy) is 1. The van der Waals surface area contributed by atoms with Crippen molar-refractivity contribution in [3.05, 3.63) is 35.5 Å². The summed E-state index contributed by atoms with van der Waals surface area (Å²) < 4.78 is 5.26. The first-order valence-electron chi connectivity index (χ1n) is 12.7. The zero-order valence-corrected chi connectivity index (χ0v) is 20.9. The minimum atomic E-state index is -0.856. The van der Waals surface area contributed by atoms with Crippen molar-refractivity contribution in [1.29, 1.82) is 0 Å². The van der Waals surface area contributed by atoms with Gasteiger partial charge in [-0.05, 0) is 86.7 Å². The lowest BCUT2D eigenvalue weighted by Gasteiger charge is -2.44. The number of allylic oxidation sites excluding steroid dienone is 3. The number of hydrogen-bond donors (Lipinski definition) is 3. The predicted octanol–water partition coefficient (Wildman–Crippen LogP) is 5.33. The molecule has 7 atom stereocenters. The Morgan fingerprint density at radius 1 is 1.25 bits per heavy atom. The summed E-state index contributed by atoms with van der Waals surface area (Å²) in [7, 11) is 1.52. The third kappa shape index (κ3) is 5.41. The van der Waals surface area contributed by atoms with E-state index in [9.17, 15) is 15.3 Å². The first-order valence-corrected chi connectivity index (χ1v) is 12.7. The van der Waals surface area contributed by atoms with Crippen LogP contribution in [0.2, 0.25) is 0 Å². The largest absolute Gasteiger partial charge is 0.390 e. The number of fused-ring (bicyclic) bond motifs is 1. The van der Waals surface area contributed by atoms with Gasteiger partial charge < -0.3 is 20.1 Å². The average Bonchev–Trinajstić information content (AvgIpc) is 3.06. The summed E-state index contributed by atoms with van der Waals surface area (Å²) in [6.45, 7) is 12.8. The lowest BCUT2D eigenvalue weighted by atomic mass is 9.60. The molecule has 0 heterocycles. The molecule has 0 aliphatic heterocycles. The molecular weight excluding hydrogens is 400 g/mol. The van der Waals surface area contributed by atoms with Crippen LogP contribution >= 0.6 is 0 Å². The van der Waals surface area contributed by atoms with Gasteiger partial charge in [0.1, 0.15) is 12.2 Å². The quantitative estimate of drug-likeness (QED) is 0.494. The average molecular weight is 447 g/mol. The Balaban J connectivity index is 1.71. The maximum absolute atomic E-state index is 10.5. The van der Waals surface area contributed by atoms with Crippen LogP contribution in [-0.4, -0.2) is 46.3 Å². The van der Waals surface area contributed by atoms with Crippen LogP contribution in [0.1, 0.15) is 85.5 Å². The summed E-state index contributed by atoms with van der Waals surface area (Å²) in [5.41, 5.74) is 2.92. The van der Waals surface area contributed by atoms with E-state index in [1.54, 1.807) is 0 Å². The number of hydrogen-bond acceptors (Lipinski definition) is 4. The van der Waals surface area contributed by atoms with Crippen LogP contribution in [0.4, 0.5) is 0 Å². The Morgan fingerprint density at radius 3 is 2.62 bits per heavy atom. The fourth-order valence-electron chi connectivity index (χ4n) is 7.01. The Kier molecular flexibility index (Phi) is 8.13. The maximum Gasteiger partial charge on any atom is 0.113 e. The molecule has 3 aliphatic carbocycles. The van der Waals surface area contributed by atoms with Gasteiger partial charge in [-0.25, -0.2) is 0 Å². The summed E-state index contributed by atoms with van der Waals surface area (Å²) in [5.74, 6) is 2.04. The molecule has 0 unspecified atom stereocenters. The molecule has 0 radical (unpaired) electrons. The van der Waals surface area contributed by atoms with E-state index < -0.39 is 23.9 Å². The van der Waals surface area contributed by atoms with E-state index in [4.69, 9.17) is 4.74 Å². The fraction of sp³-hybridized carbons (Fsp3) is 0.786. The molecule has 3 saturated carbocycles. The lowest BCUT2D eigenvalue weighted by Crippen LogP contribution is -2.44. The lowest BCUT2D eigenvalue weighted by molar-refractivity contribution is -0.0759. The second-order valence-electron chi connectivity index (χ2n) is 11.7. The van der Waals surface area contributed by atoms with Crippen LogP contribution in [0.5, 0.6) is 0 Å². The molecule has 4 nitrogen and oxygen atoms in total. The van der Waals surface area contributed by atoms with E-state index in [1.807, 2.05) is 13.8 Å². The molecule has 0 aromatic heterocycles. The molecule has 3 fully saturated rings. The van der Waals surface area contributed by atoms with Crippen LogP contribution in [0.15, 0.2) is 35.5 Å². The summed E-state index contributed by atoms with van der Waals surface area (Å²) in [6, 6.07) is 0. The highest BCUT2D eigenvalue weighted by Crippen LogP contribution is 2.60. The standard InChI is InChI=1S/C28H46O4/c1-18(9-7-15-27(3,4)31)22-13-14-23-20(10-8-16-28(22,23)5)11-12-21-17-24(29)26(32-6)25(30)19(21)2/h11-12,18,22-26,29-31H,2,7-10,13-17H2,1,3-6H3/b20-11+,21-12-/t18-,22-,23+,24-,25-,26+,28-/m1/s1. The highest BCUT2D eigenvalue weighted by Gasteiger charge is 2.50. The Morgan fingerprint density at radius 2 is 1.97 bits per heavy atom. The van der Waals surface area contributed by atoms with Gasteiger partial charge in [0.25, 0.3) is 0 Å². The van der Waals surface area contributed by atoms with Crippen molar-refractivity contribution >= 4 is 0 Å². The minimum absolute atomic E-state index is 0.348. The third-order valence-electron chi connectivity index (χ3n) is 8.83. The number of aliphatic hydroxyl groups is 3. The molecule has 182 valence electrons. The van der Waals surface area contributed by atoms with Crippen molar-refractivity contribution in [3.8, 4) is 0 Å². The number of methoxy groups -OCH3 is 1. The molecule has 4 heteroatoms. The molecule has 3 aliphatic rings. The first-order chi connectivity index (χ1) is 15.0. The SMILES string of the molecule is C=C1/C(=C\C=C2/CCC[C@]3(C)[C@@H]([C@H](C)CCCC(C)(C)O)CC[C@@H]23)C[C@@H](O)[C@H](OC)[C@@H]1O. The smallest absolute Gasteiger partial charge is 0.113 e. The van der Waals surface area contributed by atoms with E-state index in [1.165, 1.54) is 44.8 Å². The van der Waals surface area contributed by atoms with E-state index in [0.29, 0.717) is 29.2 Å². The second-order valence-corrected chi connectivity index (χ2v) is 11.7. The molecule has 0 saturated heterocycles. The van der Waals surface area contributed by atoms with E-state index in [2.05, 4.69) is 32.6 Å². The molecule has 32 heavy (non-hydrogen) atoms. The van der Waals surface area contributed by atoms with Gasteiger partial charge in [-0.1, -0.05) is 51.0 Å². The van der Waals surface area contributed by atoms with Gasteiger partial charge in [0.2, 0.25) is 0 Å². The topological polar surface area (TPSA) is 69.9 Å². The molecule has 0 aromatic carbocycles. The van der Waals surface area contributed by atoms with Crippen LogP contribution in [0, 0.1) is 23.2 Å². The highest BCUT2D eigenvalue weighted by molar-refractivity contribution is 5.40. The zero-order chi connectivity index (χ0) is 23.7. The third-order valence-corrected chi connectivity index (χ3v) is 8.83. The van der Waals surface area contributed by atoms with Crippen molar-refractivity contribution in [2.45, 2.75) is 109 Å². The first kappa shape index (κ1) is 25.7. The van der Waals surface area contributed by atoms with Gasteiger partial charge in [0.05, 0.1) is 11.7 Å². The van der Waals surface area contributed by atoms with Crippen molar-refractivity contribution in [2.24, 2.45) is 23.2 Å². The number of aliphatic hydroxyl groups excluding tert-OH is 2.